The molecule has 1 N–H and O–H groups in total. The Morgan fingerprint density at radius 3 is 2.80 bits per heavy atom. The summed E-state index contributed by atoms with van der Waals surface area (Å²) in [6.45, 7) is 3.32. The molecule has 0 bridgehead atoms. The quantitative estimate of drug-likeness (QED) is 0.823. The van der Waals surface area contributed by atoms with E-state index in [1.54, 1.807) is 12.4 Å². The van der Waals surface area contributed by atoms with Gasteiger partial charge in [0.25, 0.3) is 0 Å². The molecule has 0 radical (unpaired) electrons. The third kappa shape index (κ3) is 4.83. The summed E-state index contributed by atoms with van der Waals surface area (Å²) in [7, 11) is 0. The number of nitrogens with zero attached hydrogens (tertiary/aromatic N) is 2. The molecule has 0 atom stereocenters. The van der Waals surface area contributed by atoms with Crippen LogP contribution < -0.4 is 5.32 Å². The van der Waals surface area contributed by atoms with E-state index < -0.39 is 12.6 Å². The van der Waals surface area contributed by atoms with Gasteiger partial charge in [0.1, 0.15) is 0 Å². The van der Waals surface area contributed by atoms with Crippen LogP contribution in [0.4, 0.5) is 13.2 Å². The highest BCUT2D eigenvalue weighted by Gasteiger charge is 2.26. The van der Waals surface area contributed by atoms with E-state index in [0.29, 0.717) is 6.54 Å². The fourth-order valence-corrected chi connectivity index (χ4v) is 1.13. The van der Waals surface area contributed by atoms with Crippen LogP contribution in [0.5, 0.6) is 0 Å². The third-order valence-electron chi connectivity index (χ3n) is 1.89. The predicted molar refractivity (Wildman–Crippen MR) is 50.3 cm³/mol. The summed E-state index contributed by atoms with van der Waals surface area (Å²) in [5.74, 6) is 0. The molecule has 1 heterocycles. The lowest BCUT2D eigenvalue weighted by atomic mass is 10.3. The lowest BCUT2D eigenvalue weighted by Crippen LogP contribution is -2.13. The molecule has 0 aliphatic heterocycles. The van der Waals surface area contributed by atoms with E-state index in [0.717, 1.165) is 12.1 Å². The van der Waals surface area contributed by atoms with E-state index in [9.17, 15) is 13.2 Å². The second-order valence-corrected chi connectivity index (χ2v) is 3.26. The number of halogens is 3. The second kappa shape index (κ2) is 5.16. The van der Waals surface area contributed by atoms with E-state index in [1.807, 2.05) is 6.92 Å². The molecular weight excluding hydrogens is 207 g/mol. The lowest BCUT2D eigenvalue weighted by Gasteiger charge is -2.05. The van der Waals surface area contributed by atoms with Crippen molar-refractivity contribution >= 4 is 0 Å². The summed E-state index contributed by atoms with van der Waals surface area (Å²) in [5, 5.41) is 6.92. The Hall–Kier alpha value is -1.04. The van der Waals surface area contributed by atoms with Gasteiger partial charge >= 0.3 is 6.18 Å². The van der Waals surface area contributed by atoms with Crippen LogP contribution in [0.25, 0.3) is 0 Å². The van der Waals surface area contributed by atoms with Crippen molar-refractivity contribution in [2.45, 2.75) is 32.6 Å². The Labute approximate surface area is 86.3 Å². The van der Waals surface area contributed by atoms with Crippen LogP contribution >= 0.6 is 0 Å². The normalized spacial score (nSPS) is 12.0. The number of aryl methyl sites for hydroxylation is 1. The molecule has 6 heteroatoms. The number of alkyl halides is 3. The van der Waals surface area contributed by atoms with Crippen molar-refractivity contribution in [1.29, 1.82) is 0 Å². The zero-order chi connectivity index (χ0) is 11.3. The summed E-state index contributed by atoms with van der Waals surface area (Å²) in [6, 6.07) is 0. The summed E-state index contributed by atoms with van der Waals surface area (Å²) >= 11 is 0. The highest BCUT2D eigenvalue weighted by Crippen LogP contribution is 2.19. The minimum absolute atomic E-state index is 0.115. The van der Waals surface area contributed by atoms with Gasteiger partial charge in [0.15, 0.2) is 0 Å². The smallest absolute Gasteiger partial charge is 0.313 e. The van der Waals surface area contributed by atoms with Crippen LogP contribution in [-0.2, 0) is 13.1 Å². The Morgan fingerprint density at radius 1 is 1.47 bits per heavy atom. The van der Waals surface area contributed by atoms with Gasteiger partial charge in [-0.25, -0.2) is 0 Å². The SMILES string of the molecule is CCNCc1cnn(CCC(F)(F)F)c1. The Morgan fingerprint density at radius 2 is 2.20 bits per heavy atom. The van der Waals surface area contributed by atoms with Crippen LogP contribution in [0, 0.1) is 0 Å². The largest absolute Gasteiger partial charge is 0.390 e. The first-order chi connectivity index (χ1) is 7.01. The zero-order valence-electron chi connectivity index (χ0n) is 8.51. The minimum Gasteiger partial charge on any atom is -0.313 e. The maximum absolute atomic E-state index is 11.9. The number of aromatic nitrogens is 2. The van der Waals surface area contributed by atoms with Crippen molar-refractivity contribution in [1.82, 2.24) is 15.1 Å². The molecule has 0 spiro atoms. The van der Waals surface area contributed by atoms with Crippen LogP contribution in [0.1, 0.15) is 18.9 Å². The van der Waals surface area contributed by atoms with E-state index in [1.165, 1.54) is 4.68 Å². The van der Waals surface area contributed by atoms with Gasteiger partial charge in [-0.2, -0.15) is 18.3 Å². The van der Waals surface area contributed by atoms with Crippen molar-refractivity contribution in [3.63, 3.8) is 0 Å². The average molecular weight is 221 g/mol. The van der Waals surface area contributed by atoms with Crippen molar-refractivity contribution in [3.8, 4) is 0 Å². The molecule has 15 heavy (non-hydrogen) atoms. The second-order valence-electron chi connectivity index (χ2n) is 3.26. The summed E-state index contributed by atoms with van der Waals surface area (Å²) in [4.78, 5) is 0. The van der Waals surface area contributed by atoms with Crippen LogP contribution in [0.3, 0.4) is 0 Å². The molecule has 0 amide bonds. The topological polar surface area (TPSA) is 29.9 Å². The van der Waals surface area contributed by atoms with Crippen molar-refractivity contribution in [2.24, 2.45) is 0 Å². The molecule has 1 aromatic heterocycles. The van der Waals surface area contributed by atoms with Gasteiger partial charge in [-0.3, -0.25) is 4.68 Å². The van der Waals surface area contributed by atoms with E-state index in [2.05, 4.69) is 10.4 Å². The molecule has 0 aliphatic carbocycles. The molecule has 0 saturated heterocycles. The number of rotatable bonds is 5. The Balaban J connectivity index is 2.39. The minimum atomic E-state index is -4.12. The van der Waals surface area contributed by atoms with Crippen LogP contribution in [-0.4, -0.2) is 22.5 Å². The van der Waals surface area contributed by atoms with Crippen molar-refractivity contribution in [2.75, 3.05) is 6.54 Å². The first-order valence-corrected chi connectivity index (χ1v) is 4.80. The molecule has 0 unspecified atom stereocenters. The molecule has 3 nitrogen and oxygen atoms in total. The fraction of sp³-hybridized carbons (Fsp3) is 0.667. The number of hydrogen-bond acceptors (Lipinski definition) is 2. The van der Waals surface area contributed by atoms with Gasteiger partial charge in [0.05, 0.1) is 12.6 Å². The zero-order valence-corrected chi connectivity index (χ0v) is 8.51. The first kappa shape index (κ1) is 12.0. The highest BCUT2D eigenvalue weighted by molar-refractivity contribution is 5.03. The van der Waals surface area contributed by atoms with Gasteiger partial charge in [0, 0.05) is 24.8 Å². The highest BCUT2D eigenvalue weighted by atomic mass is 19.4. The summed E-state index contributed by atoms with van der Waals surface area (Å²) in [6.07, 6.45) is -1.74. The van der Waals surface area contributed by atoms with E-state index >= 15 is 0 Å². The van der Waals surface area contributed by atoms with Gasteiger partial charge in [-0.1, -0.05) is 6.92 Å². The van der Waals surface area contributed by atoms with Crippen molar-refractivity contribution < 1.29 is 13.2 Å². The first-order valence-electron chi connectivity index (χ1n) is 4.80. The van der Waals surface area contributed by atoms with E-state index in [-0.39, 0.29) is 6.54 Å². The van der Waals surface area contributed by atoms with Gasteiger partial charge < -0.3 is 5.32 Å². The molecule has 0 saturated carbocycles. The molecule has 86 valence electrons. The monoisotopic (exact) mass is 221 g/mol. The molecular formula is C9H14F3N3. The van der Waals surface area contributed by atoms with Crippen LogP contribution in [0.15, 0.2) is 12.4 Å². The van der Waals surface area contributed by atoms with Gasteiger partial charge in [-0.15, -0.1) is 0 Å². The lowest BCUT2D eigenvalue weighted by molar-refractivity contribution is -0.137. The molecule has 1 aromatic rings. The van der Waals surface area contributed by atoms with Gasteiger partial charge in [0.2, 0.25) is 0 Å². The summed E-state index contributed by atoms with van der Waals surface area (Å²) < 4.78 is 37.0. The standard InChI is InChI=1S/C9H14F3N3/c1-2-13-5-8-6-14-15(7-8)4-3-9(10,11)12/h6-7,13H,2-5H2,1H3. The van der Waals surface area contributed by atoms with Crippen LogP contribution in [0.2, 0.25) is 0 Å². The number of nitrogens with one attached hydrogen (secondary N) is 1. The molecule has 0 aromatic carbocycles. The molecule has 0 aliphatic rings. The fourth-order valence-electron chi connectivity index (χ4n) is 1.13. The molecule has 1 rings (SSSR count). The summed E-state index contributed by atoms with van der Waals surface area (Å²) in [5.41, 5.74) is 0.902. The number of hydrogen-bond donors (Lipinski definition) is 1. The average Bonchev–Trinajstić information content (AvgIpc) is 2.58. The van der Waals surface area contributed by atoms with Gasteiger partial charge in [-0.05, 0) is 6.54 Å². The molecule has 0 fully saturated rings. The predicted octanol–water partition coefficient (Wildman–Crippen LogP) is 1.94. The maximum Gasteiger partial charge on any atom is 0.390 e. The third-order valence-corrected chi connectivity index (χ3v) is 1.89. The Bertz CT molecular complexity index is 293. The van der Waals surface area contributed by atoms with Crippen molar-refractivity contribution in [3.05, 3.63) is 18.0 Å². The van der Waals surface area contributed by atoms with E-state index in [4.69, 9.17) is 0 Å². The Kier molecular flexibility index (Phi) is 4.14. The maximum atomic E-state index is 11.9.